The molecule has 4 heteroatoms. The van der Waals surface area contributed by atoms with Crippen molar-refractivity contribution in [2.75, 3.05) is 5.73 Å². The Morgan fingerprint density at radius 2 is 1.83 bits per heavy atom. The average molecular weight is 262 g/mol. The van der Waals surface area contributed by atoms with Crippen LogP contribution in [-0.4, -0.2) is 4.98 Å². The third-order valence-electron chi connectivity index (χ3n) is 2.82. The molecule has 0 saturated heterocycles. The third kappa shape index (κ3) is 3.01. The van der Waals surface area contributed by atoms with E-state index >= 15 is 0 Å². The normalized spacial score (nSPS) is 12.7. The van der Waals surface area contributed by atoms with E-state index in [1.165, 1.54) is 16.9 Å². The zero-order valence-electron chi connectivity index (χ0n) is 10.9. The summed E-state index contributed by atoms with van der Waals surface area (Å²) in [7, 11) is 0. The Morgan fingerprint density at radius 1 is 1.17 bits per heavy atom. The number of benzene rings is 1. The molecule has 0 amide bonds. The van der Waals surface area contributed by atoms with Gasteiger partial charge in [-0.3, -0.25) is 0 Å². The first-order chi connectivity index (χ1) is 8.56. The Bertz CT molecular complexity index is 505. The molecule has 1 aromatic carbocycles. The highest BCUT2D eigenvalue weighted by Crippen LogP contribution is 2.25. The van der Waals surface area contributed by atoms with Gasteiger partial charge in [-0.05, 0) is 30.5 Å². The molecule has 1 unspecified atom stereocenters. The molecule has 1 heterocycles. The van der Waals surface area contributed by atoms with Crippen LogP contribution in [0.5, 0.6) is 5.75 Å². The highest BCUT2D eigenvalue weighted by molar-refractivity contribution is 7.13. The molecule has 1 atom stereocenters. The molecule has 1 aromatic heterocycles. The van der Waals surface area contributed by atoms with Gasteiger partial charge >= 0.3 is 0 Å². The highest BCUT2D eigenvalue weighted by Gasteiger charge is 2.11. The SMILES string of the molecule is CC(C)c1ccc(OC(C)c2csc(N)n2)cc1. The lowest BCUT2D eigenvalue weighted by Crippen LogP contribution is -2.03. The van der Waals surface area contributed by atoms with E-state index in [1.54, 1.807) is 0 Å². The van der Waals surface area contributed by atoms with Gasteiger partial charge in [0.1, 0.15) is 11.9 Å². The number of thiazole rings is 1. The second-order valence-corrected chi connectivity index (χ2v) is 5.48. The largest absolute Gasteiger partial charge is 0.484 e. The predicted molar refractivity (Wildman–Crippen MR) is 76.1 cm³/mol. The van der Waals surface area contributed by atoms with Gasteiger partial charge in [-0.2, -0.15) is 0 Å². The molecule has 96 valence electrons. The van der Waals surface area contributed by atoms with Gasteiger partial charge < -0.3 is 10.5 Å². The Kier molecular flexibility index (Phi) is 3.87. The number of rotatable bonds is 4. The summed E-state index contributed by atoms with van der Waals surface area (Å²) in [5, 5.41) is 2.51. The quantitative estimate of drug-likeness (QED) is 0.906. The van der Waals surface area contributed by atoms with E-state index < -0.39 is 0 Å². The molecule has 2 rings (SSSR count). The number of anilines is 1. The van der Waals surface area contributed by atoms with Gasteiger partial charge in [0, 0.05) is 5.38 Å². The zero-order valence-corrected chi connectivity index (χ0v) is 11.7. The lowest BCUT2D eigenvalue weighted by atomic mass is 10.0. The van der Waals surface area contributed by atoms with Crippen LogP contribution < -0.4 is 10.5 Å². The van der Waals surface area contributed by atoms with Crippen molar-refractivity contribution in [2.45, 2.75) is 32.8 Å². The first-order valence-electron chi connectivity index (χ1n) is 6.03. The van der Waals surface area contributed by atoms with Crippen LogP contribution in [0.1, 0.15) is 44.1 Å². The number of nitrogens with two attached hydrogens (primary N) is 1. The van der Waals surface area contributed by atoms with Crippen molar-refractivity contribution in [3.63, 3.8) is 0 Å². The minimum Gasteiger partial charge on any atom is -0.484 e. The van der Waals surface area contributed by atoms with Crippen LogP contribution in [0, 0.1) is 0 Å². The van der Waals surface area contributed by atoms with Crippen molar-refractivity contribution in [1.82, 2.24) is 4.98 Å². The van der Waals surface area contributed by atoms with E-state index in [4.69, 9.17) is 10.5 Å². The number of nitrogen functional groups attached to an aromatic ring is 1. The number of hydrogen-bond donors (Lipinski definition) is 1. The minimum absolute atomic E-state index is 0.0801. The maximum absolute atomic E-state index is 5.84. The second kappa shape index (κ2) is 5.40. The van der Waals surface area contributed by atoms with Crippen molar-refractivity contribution >= 4 is 16.5 Å². The fraction of sp³-hybridized carbons (Fsp3) is 0.357. The number of aromatic nitrogens is 1. The van der Waals surface area contributed by atoms with Crippen molar-refractivity contribution in [3.05, 3.63) is 40.9 Å². The van der Waals surface area contributed by atoms with Crippen molar-refractivity contribution in [2.24, 2.45) is 0 Å². The van der Waals surface area contributed by atoms with Crippen molar-refractivity contribution < 1.29 is 4.74 Å². The summed E-state index contributed by atoms with van der Waals surface area (Å²) >= 11 is 1.44. The lowest BCUT2D eigenvalue weighted by Gasteiger charge is -2.13. The smallest absolute Gasteiger partial charge is 0.180 e. The topological polar surface area (TPSA) is 48.1 Å². The summed E-state index contributed by atoms with van der Waals surface area (Å²) in [6, 6.07) is 8.20. The molecular formula is C14H18N2OS. The fourth-order valence-corrected chi connectivity index (χ4v) is 2.33. The van der Waals surface area contributed by atoms with Crippen LogP contribution >= 0.6 is 11.3 Å². The molecular weight excluding hydrogens is 244 g/mol. The molecule has 0 fully saturated rings. The Labute approximate surface area is 112 Å². The van der Waals surface area contributed by atoms with Gasteiger partial charge in [-0.1, -0.05) is 26.0 Å². The van der Waals surface area contributed by atoms with Crippen LogP contribution in [-0.2, 0) is 0 Å². The van der Waals surface area contributed by atoms with Crippen molar-refractivity contribution in [1.29, 1.82) is 0 Å². The maximum atomic E-state index is 5.84. The Morgan fingerprint density at radius 3 is 2.33 bits per heavy atom. The van der Waals surface area contributed by atoms with Crippen LogP contribution in [0.4, 0.5) is 5.13 Å². The summed E-state index contributed by atoms with van der Waals surface area (Å²) in [5.74, 6) is 1.40. The van der Waals surface area contributed by atoms with E-state index in [-0.39, 0.29) is 6.10 Å². The third-order valence-corrected chi connectivity index (χ3v) is 3.51. The molecule has 0 saturated carbocycles. The van der Waals surface area contributed by atoms with Crippen LogP contribution in [0.25, 0.3) is 0 Å². The van der Waals surface area contributed by atoms with Gasteiger partial charge in [-0.15, -0.1) is 11.3 Å². The second-order valence-electron chi connectivity index (χ2n) is 4.59. The zero-order chi connectivity index (χ0) is 13.1. The predicted octanol–water partition coefficient (Wildman–Crippen LogP) is 3.99. The summed E-state index contributed by atoms with van der Waals surface area (Å²) in [6.45, 7) is 6.33. The average Bonchev–Trinajstić information content (AvgIpc) is 2.76. The molecule has 0 aliphatic carbocycles. The van der Waals surface area contributed by atoms with E-state index in [0.29, 0.717) is 11.0 Å². The Balaban J connectivity index is 2.05. The number of hydrogen-bond acceptors (Lipinski definition) is 4. The summed E-state index contributed by atoms with van der Waals surface area (Å²) in [4.78, 5) is 4.22. The maximum Gasteiger partial charge on any atom is 0.180 e. The van der Waals surface area contributed by atoms with Gasteiger partial charge in [0.25, 0.3) is 0 Å². The molecule has 3 nitrogen and oxygen atoms in total. The first-order valence-corrected chi connectivity index (χ1v) is 6.91. The van der Waals surface area contributed by atoms with E-state index in [2.05, 4.69) is 31.0 Å². The molecule has 0 aliphatic heterocycles. The summed E-state index contributed by atoms with van der Waals surface area (Å²) in [5.41, 5.74) is 7.81. The highest BCUT2D eigenvalue weighted by atomic mass is 32.1. The van der Waals surface area contributed by atoms with E-state index in [9.17, 15) is 0 Å². The molecule has 0 spiro atoms. The Hall–Kier alpha value is -1.55. The van der Waals surface area contributed by atoms with E-state index in [0.717, 1.165) is 11.4 Å². The minimum atomic E-state index is -0.0801. The van der Waals surface area contributed by atoms with Crippen LogP contribution in [0.15, 0.2) is 29.6 Å². The molecule has 18 heavy (non-hydrogen) atoms. The molecule has 0 aliphatic rings. The van der Waals surface area contributed by atoms with Gasteiger partial charge in [0.15, 0.2) is 5.13 Å². The summed E-state index contributed by atoms with van der Waals surface area (Å²) in [6.07, 6.45) is -0.0801. The molecule has 0 bridgehead atoms. The first kappa shape index (κ1) is 12.9. The van der Waals surface area contributed by atoms with Crippen LogP contribution in [0.2, 0.25) is 0 Å². The number of ether oxygens (including phenoxy) is 1. The molecule has 2 aromatic rings. The van der Waals surface area contributed by atoms with Gasteiger partial charge in [-0.25, -0.2) is 4.98 Å². The standard InChI is InChI=1S/C14H18N2OS/c1-9(2)11-4-6-12(7-5-11)17-10(3)13-8-18-14(15)16-13/h4-10H,1-3H3,(H2,15,16). The summed E-state index contributed by atoms with van der Waals surface area (Å²) < 4.78 is 5.84. The monoisotopic (exact) mass is 262 g/mol. The van der Waals surface area contributed by atoms with Crippen LogP contribution in [0.3, 0.4) is 0 Å². The van der Waals surface area contributed by atoms with E-state index in [1.807, 2.05) is 24.4 Å². The molecule has 0 radical (unpaired) electrons. The fourth-order valence-electron chi connectivity index (χ4n) is 1.68. The van der Waals surface area contributed by atoms with Gasteiger partial charge in [0.05, 0.1) is 5.69 Å². The number of nitrogens with zero attached hydrogens (tertiary/aromatic N) is 1. The van der Waals surface area contributed by atoms with Crippen molar-refractivity contribution in [3.8, 4) is 5.75 Å². The molecule has 2 N–H and O–H groups in total. The lowest BCUT2D eigenvalue weighted by molar-refractivity contribution is 0.223. The van der Waals surface area contributed by atoms with Gasteiger partial charge in [0.2, 0.25) is 0 Å².